The summed E-state index contributed by atoms with van der Waals surface area (Å²) >= 11 is 0. The molecule has 0 unspecified atom stereocenters. The number of aryl methyl sites for hydroxylation is 1. The Morgan fingerprint density at radius 3 is 2.07 bits per heavy atom. The maximum atomic E-state index is 15.1. The van der Waals surface area contributed by atoms with Gasteiger partial charge in [0.05, 0.1) is 5.56 Å². The number of benzene rings is 2. The van der Waals surface area contributed by atoms with Crippen LogP contribution in [0, 0.1) is 11.7 Å². The summed E-state index contributed by atoms with van der Waals surface area (Å²) in [5, 5.41) is 0. The second-order valence-corrected chi connectivity index (χ2v) is 12.5. The van der Waals surface area contributed by atoms with Gasteiger partial charge in [0, 0.05) is 18.0 Å². The van der Waals surface area contributed by atoms with Crippen LogP contribution in [0.3, 0.4) is 0 Å². The number of carbonyl (C=O) groups excluding carboxylic acids is 1. The summed E-state index contributed by atoms with van der Waals surface area (Å²) in [6, 6.07) is 12.0. The van der Waals surface area contributed by atoms with E-state index in [0.29, 0.717) is 11.6 Å². The van der Waals surface area contributed by atoms with Crippen LogP contribution >= 0.6 is 0 Å². The molecule has 1 aliphatic rings. The minimum absolute atomic E-state index is 0.231. The number of esters is 1. The van der Waals surface area contributed by atoms with Gasteiger partial charge in [0.1, 0.15) is 11.6 Å². The van der Waals surface area contributed by atoms with Crippen molar-refractivity contribution in [1.82, 2.24) is 9.97 Å². The molecular weight excluding hydrogens is 535 g/mol. The number of nitrogens with zero attached hydrogens (tertiary/aromatic N) is 2. The van der Waals surface area contributed by atoms with Crippen molar-refractivity contribution in [3.05, 3.63) is 77.4 Å². The van der Waals surface area contributed by atoms with Crippen LogP contribution in [-0.4, -0.2) is 15.9 Å². The van der Waals surface area contributed by atoms with Gasteiger partial charge in [-0.1, -0.05) is 90.5 Å². The lowest BCUT2D eigenvalue weighted by Crippen LogP contribution is -2.15. The molecule has 0 N–H and O–H groups in total. The highest BCUT2D eigenvalue weighted by Gasteiger charge is 2.25. The van der Waals surface area contributed by atoms with Crippen LogP contribution < -0.4 is 4.74 Å². The lowest BCUT2D eigenvalue weighted by atomic mass is 9.77. The fourth-order valence-corrected chi connectivity index (χ4v) is 6.36. The number of aromatic nitrogens is 2. The van der Waals surface area contributed by atoms with Gasteiger partial charge in [-0.25, -0.2) is 19.2 Å². The molecule has 1 saturated carbocycles. The van der Waals surface area contributed by atoms with E-state index in [1.165, 1.54) is 96.0 Å². The molecule has 1 aromatic heterocycles. The Morgan fingerprint density at radius 1 is 0.791 bits per heavy atom. The molecule has 0 amide bonds. The van der Waals surface area contributed by atoms with Gasteiger partial charge >= 0.3 is 5.97 Å². The van der Waals surface area contributed by atoms with E-state index >= 15 is 4.39 Å². The zero-order chi connectivity index (χ0) is 30.3. The van der Waals surface area contributed by atoms with Crippen molar-refractivity contribution in [3.63, 3.8) is 0 Å². The molecule has 0 radical (unpaired) electrons. The highest BCUT2D eigenvalue weighted by Crippen LogP contribution is 2.39. The van der Waals surface area contributed by atoms with Gasteiger partial charge in [-0.15, -0.1) is 0 Å². The molecule has 0 atom stereocenters. The monoisotopic (exact) mass is 586 g/mol. The van der Waals surface area contributed by atoms with E-state index in [0.717, 1.165) is 41.9 Å². The number of hydrogen-bond donors (Lipinski definition) is 0. The third-order valence-corrected chi connectivity index (χ3v) is 9.09. The first-order valence-corrected chi connectivity index (χ1v) is 17.0. The van der Waals surface area contributed by atoms with Crippen molar-refractivity contribution in [2.75, 3.05) is 0 Å². The second-order valence-electron chi connectivity index (χ2n) is 12.5. The van der Waals surface area contributed by atoms with E-state index in [-0.39, 0.29) is 17.3 Å². The van der Waals surface area contributed by atoms with E-state index in [2.05, 4.69) is 23.8 Å². The lowest BCUT2D eigenvalue weighted by molar-refractivity contribution is 0.0734. The number of rotatable bonds is 17. The topological polar surface area (TPSA) is 52.1 Å². The normalized spacial score (nSPS) is 16.7. The molecule has 4 rings (SSSR count). The highest BCUT2D eigenvalue weighted by atomic mass is 19.1. The molecule has 0 aliphatic heterocycles. The summed E-state index contributed by atoms with van der Waals surface area (Å²) < 4.78 is 20.7. The summed E-state index contributed by atoms with van der Waals surface area (Å²) in [7, 11) is 0. The molecule has 0 bridgehead atoms. The van der Waals surface area contributed by atoms with Gasteiger partial charge in [0.2, 0.25) is 0 Å². The van der Waals surface area contributed by atoms with Crippen LogP contribution in [0.2, 0.25) is 0 Å². The molecule has 43 heavy (non-hydrogen) atoms. The van der Waals surface area contributed by atoms with Crippen molar-refractivity contribution < 1.29 is 13.9 Å². The van der Waals surface area contributed by atoms with E-state index in [9.17, 15) is 4.79 Å². The number of halogens is 1. The third kappa shape index (κ3) is 10.5. The standard InChI is InChI=1S/C38H51FN2O2/c1-3-5-7-9-10-11-13-15-30-27-40-37(41-28-30)32-20-23-34(24-21-32)43-38(42)33-22-25-35(36(39)26-33)31-18-16-29(17-19-31)14-12-8-6-4-2/h20-29,31H,3-19H2,1-2H3. The molecule has 1 heterocycles. The second kappa shape index (κ2) is 17.9. The molecule has 3 aromatic rings. The summed E-state index contributed by atoms with van der Waals surface area (Å²) in [6.07, 6.45) is 24.8. The number of carbonyl (C=O) groups is 1. The van der Waals surface area contributed by atoms with E-state index < -0.39 is 5.97 Å². The molecule has 1 aliphatic carbocycles. The zero-order valence-corrected chi connectivity index (χ0v) is 26.5. The third-order valence-electron chi connectivity index (χ3n) is 9.09. The lowest BCUT2D eigenvalue weighted by Gasteiger charge is -2.29. The Balaban J connectivity index is 1.23. The Labute approximate surface area is 258 Å². The van der Waals surface area contributed by atoms with Gasteiger partial charge in [0.25, 0.3) is 0 Å². The van der Waals surface area contributed by atoms with Crippen LogP contribution in [0.5, 0.6) is 5.75 Å². The molecule has 1 fully saturated rings. The molecule has 232 valence electrons. The highest BCUT2D eigenvalue weighted by molar-refractivity contribution is 5.91. The van der Waals surface area contributed by atoms with Crippen molar-refractivity contribution >= 4 is 5.97 Å². The number of ether oxygens (including phenoxy) is 1. The summed E-state index contributed by atoms with van der Waals surface area (Å²) in [5.74, 6) is 1.21. The van der Waals surface area contributed by atoms with E-state index in [1.54, 1.807) is 24.3 Å². The summed E-state index contributed by atoms with van der Waals surface area (Å²) in [6.45, 7) is 4.49. The molecule has 0 saturated heterocycles. The number of hydrogen-bond acceptors (Lipinski definition) is 4. The predicted octanol–water partition coefficient (Wildman–Crippen LogP) is 11.0. The summed E-state index contributed by atoms with van der Waals surface area (Å²) in [5.41, 5.74) is 2.98. The summed E-state index contributed by atoms with van der Waals surface area (Å²) in [4.78, 5) is 21.9. The molecule has 4 nitrogen and oxygen atoms in total. The van der Waals surface area contributed by atoms with Crippen LogP contribution in [0.15, 0.2) is 54.9 Å². The van der Waals surface area contributed by atoms with Gasteiger partial charge in [0.15, 0.2) is 5.82 Å². The quantitative estimate of drug-likeness (QED) is 0.0897. The largest absolute Gasteiger partial charge is 0.423 e. The van der Waals surface area contributed by atoms with Crippen molar-refractivity contribution in [3.8, 4) is 17.1 Å². The van der Waals surface area contributed by atoms with Gasteiger partial charge in [-0.3, -0.25) is 0 Å². The minimum Gasteiger partial charge on any atom is -0.423 e. The zero-order valence-electron chi connectivity index (χ0n) is 26.5. The van der Waals surface area contributed by atoms with Gasteiger partial charge in [-0.2, -0.15) is 0 Å². The van der Waals surface area contributed by atoms with Crippen molar-refractivity contribution in [2.24, 2.45) is 5.92 Å². The SMILES string of the molecule is CCCCCCCCCc1cnc(-c2ccc(OC(=O)c3ccc(C4CCC(CCCCCC)CC4)c(F)c3)cc2)nc1. The first-order valence-electron chi connectivity index (χ1n) is 17.0. The van der Waals surface area contributed by atoms with Gasteiger partial charge in [-0.05, 0) is 97.9 Å². The smallest absolute Gasteiger partial charge is 0.343 e. The minimum atomic E-state index is -0.556. The Kier molecular flexibility index (Phi) is 13.7. The average molecular weight is 587 g/mol. The van der Waals surface area contributed by atoms with Gasteiger partial charge < -0.3 is 4.74 Å². The molecular formula is C38H51FN2O2. The fraction of sp³-hybridized carbons (Fsp3) is 0.553. The Hall–Kier alpha value is -3.08. The fourth-order valence-electron chi connectivity index (χ4n) is 6.36. The van der Waals surface area contributed by atoms with Crippen LogP contribution in [0.1, 0.15) is 144 Å². The Morgan fingerprint density at radius 2 is 1.42 bits per heavy atom. The van der Waals surface area contributed by atoms with Crippen molar-refractivity contribution in [1.29, 1.82) is 0 Å². The first-order chi connectivity index (χ1) is 21.1. The Bertz CT molecular complexity index is 1230. The van der Waals surface area contributed by atoms with E-state index in [1.807, 2.05) is 24.5 Å². The van der Waals surface area contributed by atoms with Crippen LogP contribution in [0.25, 0.3) is 11.4 Å². The average Bonchev–Trinajstić information content (AvgIpc) is 3.04. The maximum Gasteiger partial charge on any atom is 0.343 e. The van der Waals surface area contributed by atoms with E-state index in [4.69, 9.17) is 4.74 Å². The molecule has 0 spiro atoms. The first kappa shape index (κ1) is 32.8. The number of unbranched alkanes of at least 4 members (excludes halogenated alkanes) is 9. The van der Waals surface area contributed by atoms with Crippen molar-refractivity contribution in [2.45, 2.75) is 129 Å². The molecule has 5 heteroatoms. The van der Waals surface area contributed by atoms with Crippen LogP contribution in [0.4, 0.5) is 4.39 Å². The molecule has 2 aromatic carbocycles. The predicted molar refractivity (Wildman–Crippen MR) is 174 cm³/mol. The van der Waals surface area contributed by atoms with Crippen LogP contribution in [-0.2, 0) is 6.42 Å². The maximum absolute atomic E-state index is 15.1.